The molecule has 6 rings (SSSR count). The summed E-state index contributed by atoms with van der Waals surface area (Å²) in [5.74, 6) is 0.466. The molecular weight excluding hydrogens is 646 g/mol. The Morgan fingerprint density at radius 1 is 1.02 bits per heavy atom. The maximum Gasteiger partial charge on any atom is 0.306 e. The van der Waals surface area contributed by atoms with E-state index in [-0.39, 0.29) is 37.1 Å². The highest BCUT2D eigenvalue weighted by Gasteiger charge is 2.29. The predicted octanol–water partition coefficient (Wildman–Crippen LogP) is 4.75. The summed E-state index contributed by atoms with van der Waals surface area (Å²) in [5, 5.41) is 17.2. The molecule has 2 fully saturated rings. The Kier molecular flexibility index (Phi) is 11.9. The Labute approximate surface area is 301 Å². The molecule has 2 atom stereocenters. The van der Waals surface area contributed by atoms with Gasteiger partial charge in [0.1, 0.15) is 5.82 Å². The number of hydrogen-bond donors (Lipinski definition) is 2. The number of benzene rings is 1. The van der Waals surface area contributed by atoms with Gasteiger partial charge in [0.25, 0.3) is 0 Å². The number of aromatic nitrogens is 3. The lowest BCUT2D eigenvalue weighted by atomic mass is 9.93. The number of anilines is 2. The zero-order chi connectivity index (χ0) is 35.9. The number of hydrogen-bond acceptors (Lipinski definition) is 9. The van der Waals surface area contributed by atoms with Gasteiger partial charge in [-0.2, -0.15) is 5.10 Å². The summed E-state index contributed by atoms with van der Waals surface area (Å²) in [7, 11) is 1.45. The number of rotatable bonds is 14. The summed E-state index contributed by atoms with van der Waals surface area (Å²) in [6.45, 7) is 10.2. The van der Waals surface area contributed by atoms with Crippen LogP contribution in [0.25, 0.3) is 5.69 Å². The molecule has 5 heterocycles. The topological polar surface area (TPSA) is 133 Å². The number of ether oxygens (including phenoxy) is 1. The standard InChI is InChI=1S/C39H53N7O5/c1-27-20-28(2)46(42-27)35-22-31(21-34(24-35)44-16-18-45(19-17-44)36(47)7-4-8-37(48)49)32(23-38(50)51-3)26-43-15-13-29(25-43)9-11-33-12-10-30-6-5-14-40-39(30)41-33/h10,12,20-22,24,29,32H,4-9,11,13-19,23,25-26H2,1-3H3,(H,40,41)(H,48,49). The van der Waals surface area contributed by atoms with Gasteiger partial charge in [-0.1, -0.05) is 6.07 Å². The average Bonchev–Trinajstić information content (AvgIpc) is 3.74. The highest BCUT2D eigenvalue weighted by molar-refractivity contribution is 5.77. The van der Waals surface area contributed by atoms with Crippen molar-refractivity contribution in [1.29, 1.82) is 0 Å². The van der Waals surface area contributed by atoms with Crippen LogP contribution < -0.4 is 10.2 Å². The van der Waals surface area contributed by atoms with Crippen LogP contribution in [0.5, 0.6) is 0 Å². The van der Waals surface area contributed by atoms with Crippen molar-refractivity contribution in [3.05, 3.63) is 64.6 Å². The summed E-state index contributed by atoms with van der Waals surface area (Å²) in [4.78, 5) is 48.1. The van der Waals surface area contributed by atoms with Crippen molar-refractivity contribution in [2.75, 3.05) is 69.7 Å². The third-order valence-corrected chi connectivity index (χ3v) is 10.7. The first-order valence-corrected chi connectivity index (χ1v) is 18.6. The minimum atomic E-state index is -0.878. The van der Waals surface area contributed by atoms with E-state index in [1.54, 1.807) is 0 Å². The van der Waals surface area contributed by atoms with Crippen molar-refractivity contribution < 1.29 is 24.2 Å². The van der Waals surface area contributed by atoms with E-state index in [0.717, 1.165) is 98.1 Å². The van der Waals surface area contributed by atoms with E-state index < -0.39 is 5.97 Å². The smallest absolute Gasteiger partial charge is 0.306 e. The Hall–Kier alpha value is -4.45. The summed E-state index contributed by atoms with van der Waals surface area (Å²) >= 11 is 0. The number of nitrogens with one attached hydrogen (secondary N) is 1. The highest BCUT2D eigenvalue weighted by Crippen LogP contribution is 2.33. The van der Waals surface area contributed by atoms with E-state index in [4.69, 9.17) is 19.9 Å². The van der Waals surface area contributed by atoms with Gasteiger partial charge in [-0.15, -0.1) is 0 Å². The van der Waals surface area contributed by atoms with Gasteiger partial charge in [0.15, 0.2) is 0 Å². The second kappa shape index (κ2) is 16.7. The highest BCUT2D eigenvalue weighted by atomic mass is 16.5. The first-order chi connectivity index (χ1) is 24.6. The molecule has 12 nitrogen and oxygen atoms in total. The van der Waals surface area contributed by atoms with Crippen LogP contribution in [0.15, 0.2) is 36.4 Å². The van der Waals surface area contributed by atoms with Gasteiger partial charge in [-0.3, -0.25) is 14.4 Å². The van der Waals surface area contributed by atoms with E-state index in [0.29, 0.717) is 38.5 Å². The number of likely N-dealkylation sites (tertiary alicyclic amines) is 1. The third kappa shape index (κ3) is 9.46. The molecule has 3 aliphatic rings. The Bertz CT molecular complexity index is 1700. The molecule has 2 aromatic heterocycles. The predicted molar refractivity (Wildman–Crippen MR) is 197 cm³/mol. The van der Waals surface area contributed by atoms with Crippen LogP contribution in [0.1, 0.15) is 79.1 Å². The number of carboxylic acids is 1. The third-order valence-electron chi connectivity index (χ3n) is 10.7. The number of amides is 1. The molecule has 12 heteroatoms. The van der Waals surface area contributed by atoms with Crippen LogP contribution in [-0.2, 0) is 32.0 Å². The van der Waals surface area contributed by atoms with Crippen molar-refractivity contribution >= 4 is 29.4 Å². The van der Waals surface area contributed by atoms with Gasteiger partial charge in [0, 0.05) is 81.6 Å². The molecule has 0 bridgehead atoms. The molecule has 2 unspecified atom stereocenters. The number of aryl methyl sites for hydroxylation is 4. The van der Waals surface area contributed by atoms with Gasteiger partial charge in [-0.25, -0.2) is 9.67 Å². The molecule has 51 heavy (non-hydrogen) atoms. The number of fused-ring (bicyclic) bond motifs is 1. The fourth-order valence-corrected chi connectivity index (χ4v) is 7.87. The van der Waals surface area contributed by atoms with Crippen molar-refractivity contribution in [3.63, 3.8) is 0 Å². The van der Waals surface area contributed by atoms with Gasteiger partial charge in [0.2, 0.25) is 5.91 Å². The van der Waals surface area contributed by atoms with E-state index in [9.17, 15) is 14.4 Å². The monoisotopic (exact) mass is 699 g/mol. The summed E-state index contributed by atoms with van der Waals surface area (Å²) in [5.41, 5.74) is 7.50. The van der Waals surface area contributed by atoms with Gasteiger partial charge >= 0.3 is 11.9 Å². The number of nitrogens with zero attached hydrogens (tertiary/aromatic N) is 6. The zero-order valence-corrected chi connectivity index (χ0v) is 30.4. The fourth-order valence-electron chi connectivity index (χ4n) is 7.87. The van der Waals surface area contributed by atoms with Crippen LogP contribution in [0.2, 0.25) is 0 Å². The Morgan fingerprint density at radius 3 is 2.57 bits per heavy atom. The van der Waals surface area contributed by atoms with Crippen LogP contribution in [0.3, 0.4) is 0 Å². The van der Waals surface area contributed by atoms with E-state index in [2.05, 4.69) is 51.5 Å². The first-order valence-electron chi connectivity index (χ1n) is 18.6. The SMILES string of the molecule is COC(=O)CC(CN1CCC(CCc2ccc3c(n2)NCCC3)C1)c1cc(N2CCN(C(=O)CCCC(=O)O)CC2)cc(-n2nc(C)cc2C)c1. The van der Waals surface area contributed by atoms with Crippen molar-refractivity contribution in [1.82, 2.24) is 24.6 Å². The summed E-state index contributed by atoms with van der Waals surface area (Å²) in [6.07, 6.45) is 6.33. The second-order valence-corrected chi connectivity index (χ2v) is 14.5. The van der Waals surface area contributed by atoms with Gasteiger partial charge in [-0.05, 0) is 106 Å². The molecule has 3 aliphatic heterocycles. The molecule has 2 N–H and O–H groups in total. The molecule has 2 saturated heterocycles. The zero-order valence-electron chi connectivity index (χ0n) is 30.4. The van der Waals surface area contributed by atoms with Crippen molar-refractivity contribution in [3.8, 4) is 5.69 Å². The lowest BCUT2D eigenvalue weighted by Crippen LogP contribution is -2.48. The number of methoxy groups -OCH3 is 1. The number of aliphatic carboxylic acids is 1. The molecule has 0 spiro atoms. The first kappa shape index (κ1) is 36.3. The number of carbonyl (C=O) groups excluding carboxylic acids is 2. The maximum absolute atomic E-state index is 12.9. The van der Waals surface area contributed by atoms with Gasteiger partial charge in [0.05, 0.1) is 24.9 Å². The minimum Gasteiger partial charge on any atom is -0.481 e. The molecule has 0 aliphatic carbocycles. The average molecular weight is 700 g/mol. The van der Waals surface area contributed by atoms with Crippen LogP contribution in [-0.4, -0.2) is 107 Å². The summed E-state index contributed by atoms with van der Waals surface area (Å²) in [6, 6.07) is 13.0. The fraction of sp³-hybridized carbons (Fsp3) is 0.564. The molecule has 0 radical (unpaired) electrons. The van der Waals surface area contributed by atoms with E-state index >= 15 is 0 Å². The Morgan fingerprint density at radius 2 is 1.82 bits per heavy atom. The van der Waals surface area contributed by atoms with Gasteiger partial charge < -0.3 is 29.9 Å². The maximum atomic E-state index is 12.9. The number of carbonyl (C=O) groups is 3. The molecule has 0 saturated carbocycles. The molecular formula is C39H53N7O5. The molecule has 1 aromatic carbocycles. The number of pyridine rings is 1. The second-order valence-electron chi connectivity index (χ2n) is 14.5. The molecule has 3 aromatic rings. The van der Waals surface area contributed by atoms with Crippen LogP contribution in [0, 0.1) is 19.8 Å². The molecule has 274 valence electrons. The number of piperazine rings is 1. The lowest BCUT2D eigenvalue weighted by molar-refractivity contribution is -0.141. The summed E-state index contributed by atoms with van der Waals surface area (Å²) < 4.78 is 7.17. The minimum absolute atomic E-state index is 0.00294. The van der Waals surface area contributed by atoms with E-state index in [1.165, 1.54) is 12.7 Å². The van der Waals surface area contributed by atoms with Crippen LogP contribution >= 0.6 is 0 Å². The quantitative estimate of drug-likeness (QED) is 0.227. The van der Waals surface area contributed by atoms with Crippen molar-refractivity contribution in [2.24, 2.45) is 5.92 Å². The van der Waals surface area contributed by atoms with Crippen LogP contribution in [0.4, 0.5) is 11.5 Å². The molecule has 1 amide bonds. The number of carboxylic acid groups (broad SMARTS) is 1. The lowest BCUT2D eigenvalue weighted by Gasteiger charge is -2.37. The number of esters is 1. The normalized spacial score (nSPS) is 18.3. The largest absolute Gasteiger partial charge is 0.481 e. The van der Waals surface area contributed by atoms with Crippen molar-refractivity contribution in [2.45, 2.75) is 77.6 Å². The Balaban J connectivity index is 1.17. The van der Waals surface area contributed by atoms with E-state index in [1.807, 2.05) is 23.4 Å².